The van der Waals surface area contributed by atoms with E-state index in [9.17, 15) is 26.4 Å². The highest BCUT2D eigenvalue weighted by atomic mass is 79.9. The minimum atomic E-state index is -4.68. The van der Waals surface area contributed by atoms with Crippen LogP contribution >= 0.6 is 27.5 Å². The van der Waals surface area contributed by atoms with Gasteiger partial charge in [0.25, 0.3) is 10.0 Å². The van der Waals surface area contributed by atoms with Gasteiger partial charge in [-0.3, -0.25) is 14.2 Å². The number of aromatic nitrogens is 4. The number of hydrogen-bond donors (Lipinski definition) is 2. The Bertz CT molecular complexity index is 1280. The van der Waals surface area contributed by atoms with Crippen molar-refractivity contribution in [2.24, 2.45) is 0 Å². The number of nitrogens with zero attached hydrogens (tertiary/aromatic N) is 4. The summed E-state index contributed by atoms with van der Waals surface area (Å²) in [6.07, 6.45) is -4.68. The van der Waals surface area contributed by atoms with Crippen molar-refractivity contribution in [3.05, 3.63) is 57.4 Å². The average molecular weight is 568 g/mol. The third kappa shape index (κ3) is 5.62. The van der Waals surface area contributed by atoms with E-state index in [0.29, 0.717) is 0 Å². The molecule has 0 aliphatic rings. The Balaban J connectivity index is 1.73. The van der Waals surface area contributed by atoms with E-state index in [1.165, 1.54) is 50.2 Å². The van der Waals surface area contributed by atoms with Crippen LogP contribution in [0.3, 0.4) is 0 Å². The molecule has 176 valence electrons. The Morgan fingerprint density at radius 3 is 2.30 bits per heavy atom. The number of nitrogens with one attached hydrogen (secondary N) is 2. The van der Waals surface area contributed by atoms with Crippen molar-refractivity contribution in [2.75, 3.05) is 10.0 Å². The molecule has 15 heteroatoms. The van der Waals surface area contributed by atoms with Gasteiger partial charge in [0, 0.05) is 5.69 Å². The number of carbonyl (C=O) groups excluding carboxylic acids is 1. The average Bonchev–Trinajstić information content (AvgIpc) is 3.04. The van der Waals surface area contributed by atoms with E-state index in [2.05, 4.69) is 41.3 Å². The van der Waals surface area contributed by atoms with Crippen LogP contribution in [-0.2, 0) is 21.0 Å². The first-order chi connectivity index (χ1) is 15.3. The smallest absolute Gasteiger partial charge is 0.324 e. The van der Waals surface area contributed by atoms with Crippen molar-refractivity contribution in [3.8, 4) is 0 Å². The van der Waals surface area contributed by atoms with E-state index in [4.69, 9.17) is 11.6 Å². The molecule has 1 unspecified atom stereocenters. The molecule has 0 saturated heterocycles. The van der Waals surface area contributed by atoms with Gasteiger partial charge in [0.15, 0.2) is 16.7 Å². The van der Waals surface area contributed by atoms with Gasteiger partial charge in [-0.2, -0.15) is 18.3 Å². The minimum Gasteiger partial charge on any atom is -0.324 e. The van der Waals surface area contributed by atoms with Crippen LogP contribution in [-0.4, -0.2) is 34.3 Å². The van der Waals surface area contributed by atoms with E-state index < -0.39 is 33.8 Å². The van der Waals surface area contributed by atoms with Crippen LogP contribution < -0.4 is 10.0 Å². The number of sulfonamides is 1. The summed E-state index contributed by atoms with van der Waals surface area (Å²) in [7, 11) is -3.99. The monoisotopic (exact) mass is 566 g/mol. The van der Waals surface area contributed by atoms with E-state index in [1.54, 1.807) is 0 Å². The maximum Gasteiger partial charge on any atom is 0.436 e. The van der Waals surface area contributed by atoms with Gasteiger partial charge in [0.1, 0.15) is 6.04 Å². The second-order valence-corrected chi connectivity index (χ2v) is 9.59. The lowest BCUT2D eigenvalue weighted by Crippen LogP contribution is -2.25. The van der Waals surface area contributed by atoms with Crippen molar-refractivity contribution in [1.82, 2.24) is 20.0 Å². The summed E-state index contributed by atoms with van der Waals surface area (Å²) >= 11 is 8.48. The third-order valence-electron chi connectivity index (χ3n) is 4.39. The molecule has 0 saturated carbocycles. The minimum absolute atomic E-state index is 0.0374. The summed E-state index contributed by atoms with van der Waals surface area (Å²) < 4.78 is 67.1. The van der Waals surface area contributed by atoms with Gasteiger partial charge in [-0.05, 0) is 66.2 Å². The van der Waals surface area contributed by atoms with Crippen LogP contribution in [0.15, 0.2) is 45.8 Å². The Morgan fingerprint density at radius 2 is 1.79 bits per heavy atom. The van der Waals surface area contributed by atoms with Crippen LogP contribution in [0.5, 0.6) is 0 Å². The highest BCUT2D eigenvalue weighted by Gasteiger charge is 2.39. The zero-order valence-corrected chi connectivity index (χ0v) is 20.0. The molecule has 2 heterocycles. The van der Waals surface area contributed by atoms with Crippen molar-refractivity contribution in [3.63, 3.8) is 0 Å². The summed E-state index contributed by atoms with van der Waals surface area (Å²) in [5, 5.41) is 13.3. The van der Waals surface area contributed by atoms with Crippen LogP contribution in [0.25, 0.3) is 0 Å². The summed E-state index contributed by atoms with van der Waals surface area (Å²) in [5.41, 5.74) is -0.771. The number of halogens is 5. The molecule has 0 aliphatic carbocycles. The summed E-state index contributed by atoms with van der Waals surface area (Å²) in [5.74, 6) is -0.684. The molecule has 3 aromatic rings. The Morgan fingerprint density at radius 1 is 1.15 bits per heavy atom. The van der Waals surface area contributed by atoms with Crippen LogP contribution in [0.4, 0.5) is 24.7 Å². The summed E-state index contributed by atoms with van der Waals surface area (Å²) in [6, 6.07) is 6.77. The normalized spacial score (nSPS) is 12.9. The standard InChI is InChI=1S/C18H15BrClF3N6O3S/c1-9-15(19)16(18(21,22)23)27-29(9)10(2)17(30)24-11-3-5-12(6-4-11)33(31,32)28-14-8-7-13(20)25-26-14/h3-8,10H,1-2H3,(H,24,30)(H,26,28). The molecule has 2 N–H and O–H groups in total. The van der Waals surface area contributed by atoms with Gasteiger partial charge in [0.2, 0.25) is 5.91 Å². The van der Waals surface area contributed by atoms with E-state index in [-0.39, 0.29) is 31.7 Å². The van der Waals surface area contributed by atoms with Crippen LogP contribution in [0.2, 0.25) is 5.15 Å². The molecule has 0 aliphatic heterocycles. The molecule has 1 aromatic carbocycles. The molecule has 0 bridgehead atoms. The van der Waals surface area contributed by atoms with Crippen molar-refractivity contribution in [1.29, 1.82) is 0 Å². The second kappa shape index (κ2) is 9.27. The van der Waals surface area contributed by atoms with Gasteiger partial charge in [0.05, 0.1) is 15.1 Å². The number of amides is 1. The zero-order valence-electron chi connectivity index (χ0n) is 16.9. The number of rotatable bonds is 6. The molecule has 2 aromatic heterocycles. The predicted molar refractivity (Wildman–Crippen MR) is 117 cm³/mol. The molecule has 0 spiro atoms. The fraction of sp³-hybridized carbons (Fsp3) is 0.222. The number of carbonyl (C=O) groups is 1. The molecule has 0 radical (unpaired) electrons. The van der Waals surface area contributed by atoms with E-state index in [0.717, 1.165) is 4.68 Å². The largest absolute Gasteiger partial charge is 0.436 e. The maximum atomic E-state index is 13.1. The SMILES string of the molecule is Cc1c(Br)c(C(F)(F)F)nn1C(C)C(=O)Nc1ccc(S(=O)(=O)Nc2ccc(Cl)nn2)cc1. The van der Waals surface area contributed by atoms with Crippen molar-refractivity contribution >= 4 is 55.0 Å². The predicted octanol–water partition coefficient (Wildman–Crippen LogP) is 4.42. The van der Waals surface area contributed by atoms with Gasteiger partial charge >= 0.3 is 6.18 Å². The molecule has 1 amide bonds. The topological polar surface area (TPSA) is 119 Å². The van der Waals surface area contributed by atoms with Crippen molar-refractivity contribution < 1.29 is 26.4 Å². The first-order valence-corrected chi connectivity index (χ1v) is 11.7. The van der Waals surface area contributed by atoms with Crippen LogP contribution in [0, 0.1) is 6.92 Å². The Hall–Kier alpha value is -2.71. The number of alkyl halides is 3. The lowest BCUT2D eigenvalue weighted by Gasteiger charge is -2.15. The fourth-order valence-electron chi connectivity index (χ4n) is 2.70. The molecule has 33 heavy (non-hydrogen) atoms. The lowest BCUT2D eigenvalue weighted by atomic mass is 10.2. The number of anilines is 2. The highest BCUT2D eigenvalue weighted by Crippen LogP contribution is 2.36. The molecule has 3 rings (SSSR count). The molecular formula is C18H15BrClF3N6O3S. The molecular weight excluding hydrogens is 553 g/mol. The van der Waals surface area contributed by atoms with Gasteiger partial charge in [-0.15, -0.1) is 10.2 Å². The van der Waals surface area contributed by atoms with E-state index in [1.807, 2.05) is 0 Å². The summed E-state index contributed by atoms with van der Waals surface area (Å²) in [4.78, 5) is 12.4. The van der Waals surface area contributed by atoms with Crippen LogP contribution in [0.1, 0.15) is 24.4 Å². The lowest BCUT2D eigenvalue weighted by molar-refractivity contribution is -0.142. The van der Waals surface area contributed by atoms with Gasteiger partial charge < -0.3 is 5.32 Å². The third-order valence-corrected chi connectivity index (χ3v) is 6.92. The van der Waals surface area contributed by atoms with Gasteiger partial charge in [-0.25, -0.2) is 8.42 Å². The molecule has 1 atom stereocenters. The van der Waals surface area contributed by atoms with E-state index >= 15 is 0 Å². The first kappa shape index (κ1) is 24.9. The fourth-order valence-corrected chi connectivity index (χ4v) is 4.28. The highest BCUT2D eigenvalue weighted by molar-refractivity contribution is 9.10. The molecule has 0 fully saturated rings. The quantitative estimate of drug-likeness (QED) is 0.455. The second-order valence-electron chi connectivity index (χ2n) is 6.73. The first-order valence-electron chi connectivity index (χ1n) is 9.04. The maximum absolute atomic E-state index is 13.1. The zero-order chi connectivity index (χ0) is 24.6. The summed E-state index contributed by atoms with van der Waals surface area (Å²) in [6.45, 7) is 2.78. The molecule has 9 nitrogen and oxygen atoms in total. The Kier molecular flexibility index (Phi) is 7.00. The number of benzene rings is 1. The van der Waals surface area contributed by atoms with Crippen molar-refractivity contribution in [2.45, 2.75) is 31.0 Å². The number of hydrogen-bond acceptors (Lipinski definition) is 6. The van der Waals surface area contributed by atoms with Gasteiger partial charge in [-0.1, -0.05) is 11.6 Å². The Labute approximate surface area is 199 Å².